The molecule has 0 N–H and O–H groups in total. The van der Waals surface area contributed by atoms with E-state index in [4.69, 9.17) is 4.74 Å². The van der Waals surface area contributed by atoms with Crippen LogP contribution in [0.2, 0.25) is 0 Å². The number of ether oxygens (including phenoxy) is 1. The Morgan fingerprint density at radius 3 is 2.91 bits per heavy atom. The number of thiophene rings is 2. The number of aliphatic imine (C=N–C) groups is 1. The van der Waals surface area contributed by atoms with Crippen LogP contribution in [0.15, 0.2) is 20.9 Å². The fourth-order valence-corrected chi connectivity index (χ4v) is 5.09. The standard InChI is InChI=1S/C16H16BrNO2S2/c1-2-20-16(19)14-11-5-3-4-6-12(11)22-15(14)18-9-10-7-8-13(17)21-10/h7-9H,2-6H2,1H3. The molecule has 0 fully saturated rings. The lowest BCUT2D eigenvalue weighted by Gasteiger charge is -2.11. The number of aryl methyl sites for hydroxylation is 1. The first kappa shape index (κ1) is 15.9. The van der Waals surface area contributed by atoms with E-state index in [1.54, 1.807) is 22.7 Å². The largest absolute Gasteiger partial charge is 0.462 e. The van der Waals surface area contributed by atoms with Gasteiger partial charge in [0.05, 0.1) is 16.0 Å². The molecule has 0 aliphatic heterocycles. The molecule has 0 saturated heterocycles. The van der Waals surface area contributed by atoms with E-state index in [-0.39, 0.29) is 5.97 Å². The molecule has 0 spiro atoms. The van der Waals surface area contributed by atoms with Crippen molar-refractivity contribution in [3.8, 4) is 0 Å². The van der Waals surface area contributed by atoms with Crippen molar-refractivity contribution in [2.24, 2.45) is 4.99 Å². The highest BCUT2D eigenvalue weighted by Gasteiger charge is 2.25. The number of rotatable bonds is 4. The first-order valence-electron chi connectivity index (χ1n) is 7.30. The van der Waals surface area contributed by atoms with Crippen molar-refractivity contribution in [3.63, 3.8) is 0 Å². The number of fused-ring (bicyclic) bond motifs is 1. The molecule has 0 atom stereocenters. The van der Waals surface area contributed by atoms with Crippen molar-refractivity contribution in [2.45, 2.75) is 32.6 Å². The molecule has 2 heterocycles. The second-order valence-corrected chi connectivity index (χ2v) is 8.59. The van der Waals surface area contributed by atoms with E-state index in [1.165, 1.54) is 11.3 Å². The van der Waals surface area contributed by atoms with Gasteiger partial charge in [-0.05, 0) is 66.2 Å². The molecular weight excluding hydrogens is 382 g/mol. The lowest BCUT2D eigenvalue weighted by Crippen LogP contribution is -2.09. The Morgan fingerprint density at radius 2 is 2.18 bits per heavy atom. The molecule has 0 radical (unpaired) electrons. The summed E-state index contributed by atoms with van der Waals surface area (Å²) in [6, 6.07) is 4.01. The molecule has 0 bridgehead atoms. The van der Waals surface area contributed by atoms with E-state index < -0.39 is 0 Å². The van der Waals surface area contributed by atoms with Gasteiger partial charge in [-0.15, -0.1) is 22.7 Å². The lowest BCUT2D eigenvalue weighted by molar-refractivity contribution is 0.0526. The smallest absolute Gasteiger partial charge is 0.341 e. The molecular formula is C16H16BrNO2S2. The van der Waals surface area contributed by atoms with Crippen molar-refractivity contribution in [3.05, 3.63) is 36.8 Å². The Kier molecular flexibility index (Phi) is 5.10. The quantitative estimate of drug-likeness (QED) is 0.513. The van der Waals surface area contributed by atoms with Crippen LogP contribution in [0.1, 0.15) is 45.4 Å². The van der Waals surface area contributed by atoms with E-state index >= 15 is 0 Å². The van der Waals surface area contributed by atoms with Crippen LogP contribution in [-0.2, 0) is 17.6 Å². The van der Waals surface area contributed by atoms with Crippen LogP contribution in [0.5, 0.6) is 0 Å². The highest BCUT2D eigenvalue weighted by atomic mass is 79.9. The average molecular weight is 398 g/mol. The van der Waals surface area contributed by atoms with Gasteiger partial charge in [0.1, 0.15) is 5.00 Å². The van der Waals surface area contributed by atoms with Gasteiger partial charge in [-0.2, -0.15) is 0 Å². The zero-order valence-electron chi connectivity index (χ0n) is 12.2. The van der Waals surface area contributed by atoms with Gasteiger partial charge in [0.15, 0.2) is 0 Å². The number of hydrogen-bond acceptors (Lipinski definition) is 5. The summed E-state index contributed by atoms with van der Waals surface area (Å²) < 4.78 is 6.31. The summed E-state index contributed by atoms with van der Waals surface area (Å²) in [7, 11) is 0. The van der Waals surface area contributed by atoms with Gasteiger partial charge in [-0.1, -0.05) is 0 Å². The van der Waals surface area contributed by atoms with Crippen molar-refractivity contribution < 1.29 is 9.53 Å². The molecule has 6 heteroatoms. The number of carbonyl (C=O) groups excluding carboxylic acids is 1. The molecule has 116 valence electrons. The van der Waals surface area contributed by atoms with Crippen LogP contribution in [0.4, 0.5) is 5.00 Å². The van der Waals surface area contributed by atoms with E-state index in [9.17, 15) is 4.79 Å². The fourth-order valence-electron chi connectivity index (χ4n) is 2.58. The number of esters is 1. The molecule has 1 aliphatic rings. The van der Waals surface area contributed by atoms with Crippen LogP contribution >= 0.6 is 38.6 Å². The first-order chi connectivity index (χ1) is 10.7. The highest BCUT2D eigenvalue weighted by Crippen LogP contribution is 2.40. The van der Waals surface area contributed by atoms with Gasteiger partial charge in [0, 0.05) is 16.0 Å². The van der Waals surface area contributed by atoms with Crippen molar-refractivity contribution in [1.82, 2.24) is 0 Å². The van der Waals surface area contributed by atoms with Crippen LogP contribution in [-0.4, -0.2) is 18.8 Å². The maximum Gasteiger partial charge on any atom is 0.341 e. The highest BCUT2D eigenvalue weighted by molar-refractivity contribution is 9.11. The van der Waals surface area contributed by atoms with Gasteiger partial charge >= 0.3 is 5.97 Å². The summed E-state index contributed by atoms with van der Waals surface area (Å²) in [5, 5.41) is 0.787. The van der Waals surface area contributed by atoms with Crippen molar-refractivity contribution >= 4 is 55.8 Å². The first-order valence-corrected chi connectivity index (χ1v) is 9.72. The summed E-state index contributed by atoms with van der Waals surface area (Å²) in [6.45, 7) is 2.23. The minimum Gasteiger partial charge on any atom is -0.462 e. The Balaban J connectivity index is 1.97. The second-order valence-electron chi connectivity index (χ2n) is 5.01. The van der Waals surface area contributed by atoms with Gasteiger partial charge < -0.3 is 4.74 Å². The van der Waals surface area contributed by atoms with Crippen molar-refractivity contribution in [2.75, 3.05) is 6.61 Å². The van der Waals surface area contributed by atoms with Gasteiger partial charge in [-0.25, -0.2) is 9.79 Å². The predicted octanol–water partition coefficient (Wildman–Crippen LogP) is 5.38. The Morgan fingerprint density at radius 1 is 1.36 bits per heavy atom. The van der Waals surface area contributed by atoms with E-state index in [0.717, 1.165) is 38.5 Å². The molecule has 0 saturated carbocycles. The third-order valence-corrected chi connectivity index (χ3v) is 6.29. The molecule has 2 aromatic rings. The third kappa shape index (κ3) is 3.34. The summed E-state index contributed by atoms with van der Waals surface area (Å²) in [4.78, 5) is 19.3. The Bertz CT molecular complexity index is 718. The molecule has 2 aromatic heterocycles. The van der Waals surface area contributed by atoms with Crippen LogP contribution < -0.4 is 0 Å². The number of carbonyl (C=O) groups is 1. The maximum atomic E-state index is 12.3. The SMILES string of the molecule is CCOC(=O)c1c(N=Cc2ccc(Br)s2)sc2c1CCCC2. The second kappa shape index (κ2) is 7.06. The molecule has 0 aromatic carbocycles. The van der Waals surface area contributed by atoms with Gasteiger partial charge in [-0.3, -0.25) is 0 Å². The lowest BCUT2D eigenvalue weighted by atomic mass is 9.95. The number of nitrogens with zero attached hydrogens (tertiary/aromatic N) is 1. The summed E-state index contributed by atoms with van der Waals surface area (Å²) >= 11 is 6.71. The van der Waals surface area contributed by atoms with Gasteiger partial charge in [0.25, 0.3) is 0 Å². The van der Waals surface area contributed by atoms with Crippen molar-refractivity contribution in [1.29, 1.82) is 0 Å². The van der Waals surface area contributed by atoms with E-state index in [1.807, 2.05) is 25.3 Å². The zero-order valence-corrected chi connectivity index (χ0v) is 15.4. The zero-order chi connectivity index (χ0) is 15.5. The number of hydrogen-bond donors (Lipinski definition) is 0. The molecule has 0 unspecified atom stereocenters. The minimum absolute atomic E-state index is 0.235. The monoisotopic (exact) mass is 397 g/mol. The molecule has 3 nitrogen and oxygen atoms in total. The van der Waals surface area contributed by atoms with Crippen LogP contribution in [0.3, 0.4) is 0 Å². The average Bonchev–Trinajstić information content (AvgIpc) is 3.08. The molecule has 3 rings (SSSR count). The molecule has 1 aliphatic carbocycles. The molecule has 0 amide bonds. The van der Waals surface area contributed by atoms with Crippen LogP contribution in [0, 0.1) is 0 Å². The van der Waals surface area contributed by atoms with Crippen LogP contribution in [0.25, 0.3) is 0 Å². The Labute approximate surface area is 146 Å². The predicted molar refractivity (Wildman–Crippen MR) is 96.2 cm³/mol. The third-order valence-electron chi connectivity index (χ3n) is 3.54. The summed E-state index contributed by atoms with van der Waals surface area (Å²) in [5.41, 5.74) is 1.85. The molecule has 22 heavy (non-hydrogen) atoms. The summed E-state index contributed by atoms with van der Waals surface area (Å²) in [6.07, 6.45) is 6.16. The van der Waals surface area contributed by atoms with E-state index in [0.29, 0.717) is 12.2 Å². The topological polar surface area (TPSA) is 38.7 Å². The van der Waals surface area contributed by atoms with E-state index in [2.05, 4.69) is 20.9 Å². The normalized spacial score (nSPS) is 14.3. The van der Waals surface area contributed by atoms with Gasteiger partial charge in [0.2, 0.25) is 0 Å². The maximum absolute atomic E-state index is 12.3. The summed E-state index contributed by atoms with van der Waals surface area (Å²) in [5.74, 6) is -0.235. The Hall–Kier alpha value is -0.980. The minimum atomic E-state index is -0.235. The fraction of sp³-hybridized carbons (Fsp3) is 0.375. The number of halogens is 1.